The predicted molar refractivity (Wildman–Crippen MR) is 123 cm³/mol. The van der Waals surface area contributed by atoms with Crippen molar-refractivity contribution >= 4 is 11.6 Å². The number of hydrogen-bond donors (Lipinski definition) is 1. The normalized spacial score (nSPS) is 11.4. The number of amides is 1. The zero-order valence-electron chi connectivity index (χ0n) is 18.6. The lowest BCUT2D eigenvalue weighted by atomic mass is 10.0. The average Bonchev–Trinajstić information content (AvgIpc) is 3.30. The first-order chi connectivity index (χ1) is 16.3. The summed E-state index contributed by atoms with van der Waals surface area (Å²) in [5.74, 6) is -0.523. The molecule has 174 valence electrons. The number of hydrogen-bond acceptors (Lipinski definition) is 4. The molecule has 2 aromatic carbocycles. The SMILES string of the molecule is CCCc1ccc(NC(=O)c2ccc(C)c(-n3cc(-c4cccnc4)nn3)c2)cc1C(F)(F)F. The maximum absolute atomic E-state index is 13.5. The van der Waals surface area contributed by atoms with Gasteiger partial charge in [0.15, 0.2) is 0 Å². The molecular weight excluding hydrogens is 443 g/mol. The minimum absolute atomic E-state index is 0.0823. The molecule has 0 aliphatic heterocycles. The van der Waals surface area contributed by atoms with Gasteiger partial charge in [0.2, 0.25) is 0 Å². The molecule has 6 nitrogen and oxygen atoms in total. The Kier molecular flexibility index (Phi) is 6.45. The number of aromatic nitrogens is 4. The van der Waals surface area contributed by atoms with Crippen molar-refractivity contribution in [3.63, 3.8) is 0 Å². The molecule has 0 unspecified atom stereocenters. The van der Waals surface area contributed by atoms with E-state index in [1.54, 1.807) is 47.5 Å². The second-order valence-electron chi connectivity index (χ2n) is 7.87. The maximum Gasteiger partial charge on any atom is 0.416 e. The second kappa shape index (κ2) is 9.46. The molecule has 0 bridgehead atoms. The van der Waals surface area contributed by atoms with Gasteiger partial charge in [-0.15, -0.1) is 5.10 Å². The number of carbonyl (C=O) groups excluding carboxylic acids is 1. The molecule has 0 fully saturated rings. The lowest BCUT2D eigenvalue weighted by Crippen LogP contribution is -2.15. The fraction of sp³-hybridized carbons (Fsp3) is 0.200. The number of alkyl halides is 3. The summed E-state index contributed by atoms with van der Waals surface area (Å²) in [6.07, 6.45) is 1.46. The van der Waals surface area contributed by atoms with Crippen LogP contribution in [0.15, 0.2) is 67.1 Å². The lowest BCUT2D eigenvalue weighted by Gasteiger charge is -2.15. The Morgan fingerprint density at radius 2 is 1.94 bits per heavy atom. The molecule has 0 spiro atoms. The highest BCUT2D eigenvalue weighted by atomic mass is 19.4. The fourth-order valence-electron chi connectivity index (χ4n) is 3.63. The fourth-order valence-corrected chi connectivity index (χ4v) is 3.63. The van der Waals surface area contributed by atoms with Gasteiger partial charge in [-0.05, 0) is 60.9 Å². The highest BCUT2D eigenvalue weighted by Gasteiger charge is 2.33. The number of rotatable bonds is 6. The average molecular weight is 465 g/mol. The summed E-state index contributed by atoms with van der Waals surface area (Å²) in [5.41, 5.74) is 2.74. The van der Waals surface area contributed by atoms with Crippen LogP contribution in [0.4, 0.5) is 18.9 Å². The Morgan fingerprint density at radius 3 is 2.65 bits per heavy atom. The molecule has 4 rings (SSSR count). The first kappa shape index (κ1) is 23.2. The molecule has 34 heavy (non-hydrogen) atoms. The van der Waals surface area contributed by atoms with Crippen molar-refractivity contribution in [2.45, 2.75) is 32.9 Å². The molecule has 0 saturated carbocycles. The topological polar surface area (TPSA) is 72.7 Å². The van der Waals surface area contributed by atoms with Gasteiger partial charge in [-0.2, -0.15) is 13.2 Å². The van der Waals surface area contributed by atoms with Gasteiger partial charge in [0, 0.05) is 29.2 Å². The van der Waals surface area contributed by atoms with E-state index in [1.807, 2.05) is 19.9 Å². The number of anilines is 1. The Balaban J connectivity index is 1.60. The Labute approximate surface area is 194 Å². The van der Waals surface area contributed by atoms with Crippen LogP contribution in [0.3, 0.4) is 0 Å². The van der Waals surface area contributed by atoms with Crippen molar-refractivity contribution in [3.05, 3.63) is 89.4 Å². The second-order valence-corrected chi connectivity index (χ2v) is 7.87. The van der Waals surface area contributed by atoms with Gasteiger partial charge in [0.1, 0.15) is 5.69 Å². The summed E-state index contributed by atoms with van der Waals surface area (Å²) in [6, 6.07) is 12.5. The van der Waals surface area contributed by atoms with Gasteiger partial charge in [-0.1, -0.05) is 30.7 Å². The molecule has 1 N–H and O–H groups in total. The molecule has 9 heteroatoms. The van der Waals surface area contributed by atoms with Crippen LogP contribution < -0.4 is 5.32 Å². The number of nitrogens with zero attached hydrogens (tertiary/aromatic N) is 4. The van der Waals surface area contributed by atoms with Crippen LogP contribution >= 0.6 is 0 Å². The van der Waals surface area contributed by atoms with Crippen molar-refractivity contribution in [2.75, 3.05) is 5.32 Å². The summed E-state index contributed by atoms with van der Waals surface area (Å²) >= 11 is 0. The Bertz CT molecular complexity index is 1320. The molecule has 0 radical (unpaired) electrons. The van der Waals surface area contributed by atoms with E-state index in [0.29, 0.717) is 24.2 Å². The number of halogens is 3. The number of carbonyl (C=O) groups is 1. The molecule has 0 aliphatic rings. The van der Waals surface area contributed by atoms with Gasteiger partial charge in [-0.3, -0.25) is 9.78 Å². The lowest BCUT2D eigenvalue weighted by molar-refractivity contribution is -0.138. The minimum Gasteiger partial charge on any atom is -0.322 e. The minimum atomic E-state index is -4.50. The Morgan fingerprint density at radius 1 is 1.12 bits per heavy atom. The molecule has 1 amide bonds. The zero-order chi connectivity index (χ0) is 24.3. The van der Waals surface area contributed by atoms with Crippen LogP contribution in [0.25, 0.3) is 16.9 Å². The van der Waals surface area contributed by atoms with Crippen LogP contribution in [-0.4, -0.2) is 25.9 Å². The van der Waals surface area contributed by atoms with Crippen LogP contribution in [0.1, 0.15) is 40.4 Å². The summed E-state index contributed by atoms with van der Waals surface area (Å²) in [7, 11) is 0. The molecule has 0 saturated heterocycles. The molecule has 2 heterocycles. The van der Waals surface area contributed by atoms with Crippen molar-refractivity contribution < 1.29 is 18.0 Å². The van der Waals surface area contributed by atoms with Crippen molar-refractivity contribution in [3.8, 4) is 16.9 Å². The quantitative estimate of drug-likeness (QED) is 0.387. The smallest absolute Gasteiger partial charge is 0.322 e. The van der Waals surface area contributed by atoms with Crippen molar-refractivity contribution in [1.82, 2.24) is 20.0 Å². The predicted octanol–water partition coefficient (Wildman–Crippen LogP) is 5.86. The van der Waals surface area contributed by atoms with E-state index < -0.39 is 17.6 Å². The monoisotopic (exact) mass is 465 g/mol. The van der Waals surface area contributed by atoms with Gasteiger partial charge < -0.3 is 5.32 Å². The van der Waals surface area contributed by atoms with E-state index >= 15 is 0 Å². The third-order valence-corrected chi connectivity index (χ3v) is 5.36. The Hall–Kier alpha value is -4.01. The van der Waals surface area contributed by atoms with E-state index in [4.69, 9.17) is 0 Å². The standard InChI is InChI=1S/C25H22F3N5O/c1-3-5-17-9-10-20(13-21(17)25(26,27)28)30-24(34)18-8-7-16(2)23(12-18)33-15-22(31-32-33)19-6-4-11-29-14-19/h4,6-15H,3,5H2,1-2H3,(H,30,34). The van der Waals surface area contributed by atoms with E-state index in [1.165, 1.54) is 12.1 Å². The van der Waals surface area contributed by atoms with Crippen molar-refractivity contribution in [1.29, 1.82) is 0 Å². The van der Waals surface area contributed by atoms with Gasteiger partial charge >= 0.3 is 6.18 Å². The zero-order valence-corrected chi connectivity index (χ0v) is 18.6. The van der Waals surface area contributed by atoms with E-state index in [0.717, 1.165) is 17.2 Å². The van der Waals surface area contributed by atoms with E-state index in [-0.39, 0.29) is 16.8 Å². The summed E-state index contributed by atoms with van der Waals surface area (Å²) in [6.45, 7) is 3.68. The molecular formula is C25H22F3N5O. The van der Waals surface area contributed by atoms with Crippen LogP contribution in [0, 0.1) is 6.92 Å². The highest BCUT2D eigenvalue weighted by Crippen LogP contribution is 2.34. The van der Waals surface area contributed by atoms with Crippen molar-refractivity contribution in [2.24, 2.45) is 0 Å². The first-order valence-corrected chi connectivity index (χ1v) is 10.7. The third kappa shape index (κ3) is 4.98. The van der Waals surface area contributed by atoms with Gasteiger partial charge in [0.05, 0.1) is 17.4 Å². The summed E-state index contributed by atoms with van der Waals surface area (Å²) < 4.78 is 42.0. The number of pyridine rings is 1. The molecule has 2 aromatic heterocycles. The summed E-state index contributed by atoms with van der Waals surface area (Å²) in [4.78, 5) is 16.9. The highest BCUT2D eigenvalue weighted by molar-refractivity contribution is 6.04. The van der Waals surface area contributed by atoms with Crippen LogP contribution in [-0.2, 0) is 12.6 Å². The van der Waals surface area contributed by atoms with Gasteiger partial charge in [-0.25, -0.2) is 4.68 Å². The summed E-state index contributed by atoms with van der Waals surface area (Å²) in [5, 5.41) is 10.9. The van der Waals surface area contributed by atoms with E-state index in [9.17, 15) is 18.0 Å². The van der Waals surface area contributed by atoms with Crippen LogP contribution in [0.2, 0.25) is 0 Å². The first-order valence-electron chi connectivity index (χ1n) is 10.7. The largest absolute Gasteiger partial charge is 0.416 e. The van der Waals surface area contributed by atoms with Gasteiger partial charge in [0.25, 0.3) is 5.91 Å². The van der Waals surface area contributed by atoms with E-state index in [2.05, 4.69) is 20.6 Å². The number of nitrogens with one attached hydrogen (secondary N) is 1. The third-order valence-electron chi connectivity index (χ3n) is 5.36. The molecule has 0 atom stereocenters. The maximum atomic E-state index is 13.5. The number of benzene rings is 2. The molecule has 0 aliphatic carbocycles. The molecule has 4 aromatic rings. The number of aryl methyl sites for hydroxylation is 2. The van der Waals surface area contributed by atoms with Crippen LogP contribution in [0.5, 0.6) is 0 Å².